The molecule has 0 aliphatic carbocycles. The first kappa shape index (κ1) is 18.1. The van der Waals surface area contributed by atoms with Gasteiger partial charge in [-0.15, -0.1) is 0 Å². The number of sulfonamides is 1. The lowest BCUT2D eigenvalue weighted by Crippen LogP contribution is -2.34. The highest BCUT2D eigenvalue weighted by atomic mass is 79.9. The van der Waals surface area contributed by atoms with Gasteiger partial charge in [-0.3, -0.25) is 4.79 Å². The van der Waals surface area contributed by atoms with Gasteiger partial charge in [0.2, 0.25) is 10.0 Å². The van der Waals surface area contributed by atoms with E-state index in [9.17, 15) is 13.2 Å². The first-order chi connectivity index (χ1) is 9.52. The third-order valence-corrected chi connectivity index (χ3v) is 4.57. The number of rotatable bonds is 5. The average molecular weight is 377 g/mol. The van der Waals surface area contributed by atoms with Gasteiger partial charge in [-0.1, -0.05) is 29.8 Å². The number of amides is 1. The second-order valence-corrected chi connectivity index (χ2v) is 8.07. The summed E-state index contributed by atoms with van der Waals surface area (Å²) in [5.74, 6) is 0.163. The molecule has 1 aromatic carbocycles. The molecule has 1 atom stereocenters. The van der Waals surface area contributed by atoms with E-state index >= 15 is 0 Å². The maximum absolute atomic E-state index is 12.3. The standard InChI is InChI=1S/C14H21BrN2O3S/c1-8(2)5-9(3)17-14(18)12-6-11(15)7-13(10(12)4)21(16,19)20/h6-9H,5H2,1-4H3,(H,17,18)(H2,16,19,20). The molecule has 1 aromatic rings. The molecule has 0 fully saturated rings. The Morgan fingerprint density at radius 2 is 1.90 bits per heavy atom. The van der Waals surface area contributed by atoms with Gasteiger partial charge >= 0.3 is 0 Å². The predicted molar refractivity (Wildman–Crippen MR) is 86.6 cm³/mol. The SMILES string of the molecule is Cc1c(C(=O)NC(C)CC(C)C)cc(Br)cc1S(N)(=O)=O. The van der Waals surface area contributed by atoms with Gasteiger partial charge in [0.1, 0.15) is 0 Å². The zero-order valence-corrected chi connectivity index (χ0v) is 15.0. The lowest BCUT2D eigenvalue weighted by atomic mass is 10.0. The Hall–Kier alpha value is -0.920. The summed E-state index contributed by atoms with van der Waals surface area (Å²) < 4.78 is 23.6. The predicted octanol–water partition coefficient (Wildman–Crippen LogP) is 2.57. The van der Waals surface area contributed by atoms with E-state index in [1.807, 2.05) is 6.92 Å². The van der Waals surface area contributed by atoms with Crippen LogP contribution in [-0.4, -0.2) is 20.4 Å². The lowest BCUT2D eigenvalue weighted by molar-refractivity contribution is 0.0935. The Balaban J connectivity index is 3.14. The molecule has 21 heavy (non-hydrogen) atoms. The Labute approximate surface area is 134 Å². The van der Waals surface area contributed by atoms with Crippen LogP contribution < -0.4 is 10.5 Å². The highest BCUT2D eigenvalue weighted by Crippen LogP contribution is 2.24. The second kappa shape index (κ2) is 6.89. The van der Waals surface area contributed by atoms with Crippen molar-refractivity contribution in [1.82, 2.24) is 5.32 Å². The molecule has 0 aromatic heterocycles. The molecule has 0 radical (unpaired) electrons. The topological polar surface area (TPSA) is 89.3 Å². The van der Waals surface area contributed by atoms with Crippen molar-refractivity contribution in [1.29, 1.82) is 0 Å². The minimum absolute atomic E-state index is 0.00816. The summed E-state index contributed by atoms with van der Waals surface area (Å²) in [6, 6.07) is 3.01. The number of nitrogens with one attached hydrogen (secondary N) is 1. The Kier molecular flexibility index (Phi) is 5.95. The van der Waals surface area contributed by atoms with E-state index in [-0.39, 0.29) is 16.8 Å². The van der Waals surface area contributed by atoms with E-state index in [1.165, 1.54) is 6.07 Å². The number of halogens is 1. The van der Waals surface area contributed by atoms with Crippen LogP contribution in [0.2, 0.25) is 0 Å². The van der Waals surface area contributed by atoms with Crippen LogP contribution in [0.3, 0.4) is 0 Å². The highest BCUT2D eigenvalue weighted by molar-refractivity contribution is 9.10. The van der Waals surface area contributed by atoms with Crippen molar-refractivity contribution < 1.29 is 13.2 Å². The van der Waals surface area contributed by atoms with Crippen molar-refractivity contribution in [2.24, 2.45) is 11.1 Å². The molecule has 118 valence electrons. The van der Waals surface area contributed by atoms with E-state index in [1.54, 1.807) is 13.0 Å². The van der Waals surface area contributed by atoms with Gasteiger partial charge in [-0.05, 0) is 43.9 Å². The summed E-state index contributed by atoms with van der Waals surface area (Å²) in [4.78, 5) is 12.3. The van der Waals surface area contributed by atoms with Crippen molar-refractivity contribution >= 4 is 31.9 Å². The zero-order chi connectivity index (χ0) is 16.4. The van der Waals surface area contributed by atoms with Crippen molar-refractivity contribution in [3.63, 3.8) is 0 Å². The molecular weight excluding hydrogens is 356 g/mol. The van der Waals surface area contributed by atoms with Crippen molar-refractivity contribution in [3.05, 3.63) is 27.7 Å². The molecule has 0 saturated carbocycles. The molecule has 0 spiro atoms. The number of benzene rings is 1. The summed E-state index contributed by atoms with van der Waals surface area (Å²) in [7, 11) is -3.87. The van der Waals surface area contributed by atoms with Gasteiger partial charge < -0.3 is 5.32 Å². The molecule has 0 saturated heterocycles. The fourth-order valence-electron chi connectivity index (χ4n) is 2.25. The minimum Gasteiger partial charge on any atom is -0.350 e. The minimum atomic E-state index is -3.87. The molecule has 1 rings (SSSR count). The van der Waals surface area contributed by atoms with Gasteiger partial charge in [-0.25, -0.2) is 13.6 Å². The van der Waals surface area contributed by atoms with Crippen LogP contribution in [0.5, 0.6) is 0 Å². The summed E-state index contributed by atoms with van der Waals surface area (Å²) in [5, 5.41) is 8.06. The number of primary sulfonamides is 1. The summed E-state index contributed by atoms with van der Waals surface area (Å²) >= 11 is 3.21. The number of nitrogens with two attached hydrogens (primary N) is 1. The molecule has 1 amide bonds. The fourth-order valence-corrected chi connectivity index (χ4v) is 3.69. The van der Waals surface area contributed by atoms with E-state index in [2.05, 4.69) is 35.1 Å². The zero-order valence-electron chi connectivity index (χ0n) is 12.6. The van der Waals surface area contributed by atoms with Crippen LogP contribution in [0, 0.1) is 12.8 Å². The number of carbonyl (C=O) groups is 1. The van der Waals surface area contributed by atoms with Crippen LogP contribution in [-0.2, 0) is 10.0 Å². The van der Waals surface area contributed by atoms with E-state index in [0.717, 1.165) is 6.42 Å². The second-order valence-electron chi connectivity index (χ2n) is 5.63. The Bertz CT molecular complexity index is 642. The summed E-state index contributed by atoms with van der Waals surface area (Å²) in [6.45, 7) is 7.65. The van der Waals surface area contributed by atoms with Crippen molar-refractivity contribution in [3.8, 4) is 0 Å². The number of hydrogen-bond acceptors (Lipinski definition) is 3. The molecular formula is C14H21BrN2O3S. The van der Waals surface area contributed by atoms with E-state index < -0.39 is 10.0 Å². The van der Waals surface area contributed by atoms with Crippen LogP contribution in [0.1, 0.15) is 43.1 Å². The third-order valence-electron chi connectivity index (χ3n) is 3.08. The van der Waals surface area contributed by atoms with Gasteiger partial charge in [0, 0.05) is 16.1 Å². The summed E-state index contributed by atoms with van der Waals surface area (Å²) in [5.41, 5.74) is 0.666. The maximum Gasteiger partial charge on any atom is 0.251 e. The van der Waals surface area contributed by atoms with E-state index in [0.29, 0.717) is 21.5 Å². The monoisotopic (exact) mass is 376 g/mol. The van der Waals surface area contributed by atoms with Crippen LogP contribution in [0.4, 0.5) is 0 Å². The molecule has 7 heteroatoms. The molecule has 3 N–H and O–H groups in total. The van der Waals surface area contributed by atoms with Gasteiger partial charge in [0.25, 0.3) is 5.91 Å². The van der Waals surface area contributed by atoms with Crippen LogP contribution >= 0.6 is 15.9 Å². The Morgan fingerprint density at radius 3 is 2.38 bits per heavy atom. The normalized spacial score (nSPS) is 13.3. The van der Waals surface area contributed by atoms with Gasteiger partial charge in [0.05, 0.1) is 4.90 Å². The smallest absolute Gasteiger partial charge is 0.251 e. The molecule has 1 unspecified atom stereocenters. The highest BCUT2D eigenvalue weighted by Gasteiger charge is 2.20. The molecule has 0 aliphatic rings. The first-order valence-corrected chi connectivity index (χ1v) is 9.00. The number of hydrogen-bond donors (Lipinski definition) is 2. The van der Waals surface area contributed by atoms with Crippen molar-refractivity contribution in [2.75, 3.05) is 0 Å². The van der Waals surface area contributed by atoms with Crippen molar-refractivity contribution in [2.45, 2.75) is 45.1 Å². The molecule has 5 nitrogen and oxygen atoms in total. The largest absolute Gasteiger partial charge is 0.350 e. The molecule has 0 heterocycles. The average Bonchev–Trinajstić information content (AvgIpc) is 2.28. The van der Waals surface area contributed by atoms with Gasteiger partial charge in [0.15, 0.2) is 0 Å². The summed E-state index contributed by atoms with van der Waals surface area (Å²) in [6.07, 6.45) is 0.848. The van der Waals surface area contributed by atoms with Gasteiger partial charge in [-0.2, -0.15) is 0 Å². The maximum atomic E-state index is 12.3. The number of carbonyl (C=O) groups excluding carboxylic acids is 1. The first-order valence-electron chi connectivity index (χ1n) is 6.66. The van der Waals surface area contributed by atoms with Crippen LogP contribution in [0.15, 0.2) is 21.5 Å². The molecule has 0 aliphatic heterocycles. The quantitative estimate of drug-likeness (QED) is 0.827. The fraction of sp³-hybridized carbons (Fsp3) is 0.500. The molecule has 0 bridgehead atoms. The van der Waals surface area contributed by atoms with E-state index in [4.69, 9.17) is 5.14 Å². The lowest BCUT2D eigenvalue weighted by Gasteiger charge is -2.17. The van der Waals surface area contributed by atoms with Crippen LogP contribution in [0.25, 0.3) is 0 Å². The third kappa shape index (κ3) is 5.09. The Morgan fingerprint density at radius 1 is 1.33 bits per heavy atom.